The van der Waals surface area contributed by atoms with E-state index in [0.29, 0.717) is 5.69 Å². The van der Waals surface area contributed by atoms with Gasteiger partial charge in [-0.25, -0.2) is 4.98 Å². The molecule has 2 heterocycles. The van der Waals surface area contributed by atoms with Gasteiger partial charge in [-0.1, -0.05) is 51.1 Å². The molecule has 0 amide bonds. The molecule has 0 radical (unpaired) electrons. The highest BCUT2D eigenvalue weighted by molar-refractivity contribution is 5.76. The molecule has 0 N–H and O–H groups in total. The van der Waals surface area contributed by atoms with Crippen molar-refractivity contribution in [3.63, 3.8) is 0 Å². The molecule has 122 valence electrons. The standard InChI is InChI=1S/C21H18N4/c1-21(2,3)17-9-7-16(8-10-17)20-24-18(12-15(13-22)14-23)19-6-4-5-11-25(19)20/h4-12H,1-3H3. The van der Waals surface area contributed by atoms with Gasteiger partial charge in [0.1, 0.15) is 23.5 Å². The molecular weight excluding hydrogens is 308 g/mol. The summed E-state index contributed by atoms with van der Waals surface area (Å²) < 4.78 is 1.98. The normalized spacial score (nSPS) is 10.9. The van der Waals surface area contributed by atoms with E-state index in [-0.39, 0.29) is 11.0 Å². The summed E-state index contributed by atoms with van der Waals surface area (Å²) in [5.41, 5.74) is 3.86. The largest absolute Gasteiger partial charge is 0.299 e. The molecule has 0 unspecified atom stereocenters. The number of nitriles is 2. The van der Waals surface area contributed by atoms with Crippen LogP contribution in [0, 0.1) is 22.7 Å². The Bertz CT molecular complexity index is 1020. The smallest absolute Gasteiger partial charge is 0.145 e. The van der Waals surface area contributed by atoms with Gasteiger partial charge in [-0.2, -0.15) is 10.5 Å². The van der Waals surface area contributed by atoms with Gasteiger partial charge in [0.05, 0.1) is 11.2 Å². The van der Waals surface area contributed by atoms with Gasteiger partial charge in [-0.3, -0.25) is 4.40 Å². The number of aromatic nitrogens is 2. The van der Waals surface area contributed by atoms with Crippen LogP contribution < -0.4 is 0 Å². The number of rotatable bonds is 2. The van der Waals surface area contributed by atoms with Crippen molar-refractivity contribution in [1.82, 2.24) is 9.38 Å². The quantitative estimate of drug-likeness (QED) is 0.639. The Morgan fingerprint density at radius 3 is 2.32 bits per heavy atom. The highest BCUT2D eigenvalue weighted by atomic mass is 15.0. The van der Waals surface area contributed by atoms with Crippen LogP contribution in [-0.4, -0.2) is 9.38 Å². The van der Waals surface area contributed by atoms with Gasteiger partial charge in [-0.05, 0) is 29.2 Å². The molecule has 2 aromatic heterocycles. The van der Waals surface area contributed by atoms with E-state index in [9.17, 15) is 0 Å². The van der Waals surface area contributed by atoms with Crippen LogP contribution in [0.4, 0.5) is 0 Å². The maximum atomic E-state index is 9.01. The van der Waals surface area contributed by atoms with Crippen molar-refractivity contribution in [3.05, 3.63) is 65.5 Å². The maximum Gasteiger partial charge on any atom is 0.145 e. The molecule has 0 aliphatic carbocycles. The number of nitrogens with zero attached hydrogens (tertiary/aromatic N) is 4. The zero-order chi connectivity index (χ0) is 18.0. The van der Waals surface area contributed by atoms with Crippen molar-refractivity contribution in [2.45, 2.75) is 26.2 Å². The molecule has 0 aliphatic heterocycles. The first kappa shape index (κ1) is 16.5. The lowest BCUT2D eigenvalue weighted by molar-refractivity contribution is 0.590. The van der Waals surface area contributed by atoms with Crippen LogP contribution in [0.25, 0.3) is 23.0 Å². The number of hydrogen-bond acceptors (Lipinski definition) is 3. The number of allylic oxidation sites excluding steroid dienone is 1. The van der Waals surface area contributed by atoms with E-state index in [4.69, 9.17) is 10.5 Å². The number of fused-ring (bicyclic) bond motifs is 1. The Kier molecular flexibility index (Phi) is 4.13. The Morgan fingerprint density at radius 1 is 1.04 bits per heavy atom. The fraction of sp³-hybridized carbons (Fsp3) is 0.190. The molecule has 0 saturated carbocycles. The topological polar surface area (TPSA) is 64.9 Å². The molecule has 1 aromatic carbocycles. The third-order valence-corrected chi connectivity index (χ3v) is 4.11. The highest BCUT2D eigenvalue weighted by Gasteiger charge is 2.15. The van der Waals surface area contributed by atoms with Gasteiger partial charge in [-0.15, -0.1) is 0 Å². The van der Waals surface area contributed by atoms with E-state index in [1.165, 1.54) is 11.6 Å². The van der Waals surface area contributed by atoms with E-state index >= 15 is 0 Å². The molecule has 3 rings (SSSR count). The lowest BCUT2D eigenvalue weighted by Crippen LogP contribution is -2.10. The molecule has 0 spiro atoms. The number of hydrogen-bond donors (Lipinski definition) is 0. The van der Waals surface area contributed by atoms with Gasteiger partial charge in [0, 0.05) is 11.8 Å². The van der Waals surface area contributed by atoms with Crippen LogP contribution in [0.15, 0.2) is 54.2 Å². The minimum absolute atomic E-state index is 0.0403. The third kappa shape index (κ3) is 3.16. The molecule has 0 fully saturated rings. The highest BCUT2D eigenvalue weighted by Crippen LogP contribution is 2.27. The monoisotopic (exact) mass is 326 g/mol. The number of benzene rings is 1. The van der Waals surface area contributed by atoms with Crippen LogP contribution in [0.3, 0.4) is 0 Å². The molecule has 3 aromatic rings. The van der Waals surface area contributed by atoms with E-state index in [1.807, 2.05) is 40.9 Å². The summed E-state index contributed by atoms with van der Waals surface area (Å²) in [4.78, 5) is 4.67. The van der Waals surface area contributed by atoms with Gasteiger partial charge in [0.15, 0.2) is 0 Å². The summed E-state index contributed by atoms with van der Waals surface area (Å²) in [6.45, 7) is 6.55. The van der Waals surface area contributed by atoms with Crippen LogP contribution in [0.1, 0.15) is 32.0 Å². The van der Waals surface area contributed by atoms with E-state index < -0.39 is 0 Å². The first-order valence-corrected chi connectivity index (χ1v) is 8.04. The number of imidazole rings is 1. The zero-order valence-corrected chi connectivity index (χ0v) is 14.5. The first-order valence-electron chi connectivity index (χ1n) is 8.04. The average Bonchev–Trinajstić information content (AvgIpc) is 2.97. The van der Waals surface area contributed by atoms with Crippen molar-refractivity contribution in [2.75, 3.05) is 0 Å². The molecule has 25 heavy (non-hydrogen) atoms. The Morgan fingerprint density at radius 2 is 1.72 bits per heavy atom. The molecule has 4 nitrogen and oxygen atoms in total. The zero-order valence-electron chi connectivity index (χ0n) is 14.5. The van der Waals surface area contributed by atoms with Crippen molar-refractivity contribution in [3.8, 4) is 23.5 Å². The molecule has 4 heteroatoms. The summed E-state index contributed by atoms with van der Waals surface area (Å²) in [7, 11) is 0. The van der Waals surface area contributed by atoms with Gasteiger partial charge < -0.3 is 0 Å². The SMILES string of the molecule is CC(C)(C)c1ccc(-c2nc(C=C(C#N)C#N)c3ccccn23)cc1. The average molecular weight is 326 g/mol. The second-order valence-electron chi connectivity index (χ2n) is 6.89. The second-order valence-corrected chi connectivity index (χ2v) is 6.89. The molecule has 0 atom stereocenters. The van der Waals surface area contributed by atoms with Crippen LogP contribution in [-0.2, 0) is 5.41 Å². The fourth-order valence-electron chi connectivity index (χ4n) is 2.72. The maximum absolute atomic E-state index is 9.01. The Balaban J connectivity index is 2.17. The Labute approximate surface area is 147 Å². The summed E-state index contributed by atoms with van der Waals surface area (Å²) in [6.07, 6.45) is 3.47. The predicted molar refractivity (Wildman–Crippen MR) is 98.5 cm³/mol. The summed E-state index contributed by atoms with van der Waals surface area (Å²) in [6, 6.07) is 17.9. The van der Waals surface area contributed by atoms with Gasteiger partial charge >= 0.3 is 0 Å². The summed E-state index contributed by atoms with van der Waals surface area (Å²) in [5, 5.41) is 18.0. The summed E-state index contributed by atoms with van der Waals surface area (Å²) >= 11 is 0. The van der Waals surface area contributed by atoms with Crippen LogP contribution in [0.5, 0.6) is 0 Å². The van der Waals surface area contributed by atoms with Crippen molar-refractivity contribution in [2.24, 2.45) is 0 Å². The molecule has 0 saturated heterocycles. The van der Waals surface area contributed by atoms with Gasteiger partial charge in [0.25, 0.3) is 0 Å². The van der Waals surface area contributed by atoms with Crippen molar-refractivity contribution >= 4 is 11.6 Å². The number of pyridine rings is 1. The predicted octanol–water partition coefficient (Wildman–Crippen LogP) is 4.73. The van der Waals surface area contributed by atoms with Crippen molar-refractivity contribution < 1.29 is 0 Å². The van der Waals surface area contributed by atoms with Crippen LogP contribution in [0.2, 0.25) is 0 Å². The summed E-state index contributed by atoms with van der Waals surface area (Å²) in [5.74, 6) is 0.789. The van der Waals surface area contributed by atoms with Crippen molar-refractivity contribution in [1.29, 1.82) is 10.5 Å². The molecule has 0 aliphatic rings. The lowest BCUT2D eigenvalue weighted by Gasteiger charge is -2.19. The van der Waals surface area contributed by atoms with E-state index in [0.717, 1.165) is 16.9 Å². The van der Waals surface area contributed by atoms with E-state index in [1.54, 1.807) is 0 Å². The first-order chi connectivity index (χ1) is 11.9. The fourth-order valence-corrected chi connectivity index (χ4v) is 2.72. The minimum atomic E-state index is 0.0403. The van der Waals surface area contributed by atoms with Crippen LogP contribution >= 0.6 is 0 Å². The van der Waals surface area contributed by atoms with E-state index in [2.05, 4.69) is 50.0 Å². The minimum Gasteiger partial charge on any atom is -0.299 e. The molecular formula is C21H18N4. The third-order valence-electron chi connectivity index (χ3n) is 4.11. The lowest BCUT2D eigenvalue weighted by atomic mass is 9.87. The Hall–Kier alpha value is -3.37. The second kappa shape index (κ2) is 6.26. The van der Waals surface area contributed by atoms with Gasteiger partial charge in [0.2, 0.25) is 0 Å². The molecule has 0 bridgehead atoms.